The molecule has 0 atom stereocenters. The van der Waals surface area contributed by atoms with E-state index in [1.807, 2.05) is 7.05 Å². The summed E-state index contributed by atoms with van der Waals surface area (Å²) in [5.41, 5.74) is 2.94. The Kier molecular flexibility index (Phi) is 3.39. The zero-order valence-corrected chi connectivity index (χ0v) is 9.16. The number of hydrogen-bond acceptors (Lipinski definition) is 2. The average Bonchev–Trinajstić information content (AvgIpc) is 2.87. The molecule has 1 saturated carbocycles. The summed E-state index contributed by atoms with van der Waals surface area (Å²) in [7, 11) is 1.87. The molecule has 0 spiro atoms. The Labute approximate surface area is 79.3 Å². The van der Waals surface area contributed by atoms with E-state index in [9.17, 15) is 0 Å². The van der Waals surface area contributed by atoms with Crippen LogP contribution in [0.25, 0.3) is 0 Å². The molecule has 0 aliphatic heterocycles. The minimum Gasteiger partial charge on any atom is -0.282 e. The summed E-state index contributed by atoms with van der Waals surface area (Å²) in [5, 5.41) is 1.19. The van der Waals surface area contributed by atoms with Crippen molar-refractivity contribution in [1.29, 1.82) is 0 Å². The summed E-state index contributed by atoms with van der Waals surface area (Å²) in [6.07, 6.45) is 4.86. The zero-order valence-electron chi connectivity index (χ0n) is 8.35. The number of thioether (sulfide) groups is 1. The third-order valence-electron chi connectivity index (χ3n) is 2.50. The minimum absolute atomic E-state index is 0.869. The van der Waals surface area contributed by atoms with E-state index in [0.29, 0.717) is 0 Å². The van der Waals surface area contributed by atoms with Crippen LogP contribution in [0.15, 0.2) is 16.1 Å². The summed E-state index contributed by atoms with van der Waals surface area (Å²) < 4.78 is 0. The molecule has 68 valence electrons. The smallest absolute Gasteiger partial charge is 0.0926 e. The summed E-state index contributed by atoms with van der Waals surface area (Å²) in [5.74, 6) is 0.869. The third-order valence-corrected chi connectivity index (χ3v) is 3.37. The summed E-state index contributed by atoms with van der Waals surface area (Å²) in [6, 6.07) is 0. The molecule has 1 aliphatic carbocycles. The Morgan fingerprint density at radius 1 is 1.33 bits per heavy atom. The van der Waals surface area contributed by atoms with Crippen molar-refractivity contribution in [3.8, 4) is 0 Å². The van der Waals surface area contributed by atoms with Crippen LogP contribution in [0.1, 0.15) is 26.7 Å². The normalized spacial score (nSPS) is 20.8. The molecular weight excluding hydrogens is 166 g/mol. The first kappa shape index (κ1) is 9.85. The first-order chi connectivity index (χ1) is 5.70. The van der Waals surface area contributed by atoms with Gasteiger partial charge in [-0.25, -0.2) is 0 Å². The fourth-order valence-corrected chi connectivity index (χ4v) is 2.05. The van der Waals surface area contributed by atoms with E-state index in [2.05, 4.69) is 25.1 Å². The second kappa shape index (κ2) is 4.13. The molecular formula is C10H17NS. The van der Waals surface area contributed by atoms with E-state index in [1.54, 1.807) is 17.3 Å². The maximum Gasteiger partial charge on any atom is 0.0926 e. The fourth-order valence-electron chi connectivity index (χ4n) is 1.40. The molecule has 0 bridgehead atoms. The summed E-state index contributed by atoms with van der Waals surface area (Å²) >= 11 is 1.74. The molecule has 0 N–H and O–H groups in total. The number of nitrogens with zero attached hydrogens (tertiary/aromatic N) is 1. The lowest BCUT2D eigenvalue weighted by atomic mass is 10.1. The van der Waals surface area contributed by atoms with Crippen LogP contribution < -0.4 is 0 Å². The molecule has 0 heterocycles. The van der Waals surface area contributed by atoms with Gasteiger partial charge in [0.05, 0.1) is 5.04 Å². The van der Waals surface area contributed by atoms with Gasteiger partial charge in [-0.3, -0.25) is 4.99 Å². The highest BCUT2D eigenvalue weighted by Gasteiger charge is 2.25. The highest BCUT2D eigenvalue weighted by molar-refractivity contribution is 8.13. The van der Waals surface area contributed by atoms with Crippen molar-refractivity contribution in [2.45, 2.75) is 26.7 Å². The van der Waals surface area contributed by atoms with Crippen molar-refractivity contribution in [3.05, 3.63) is 11.1 Å². The molecule has 1 rings (SSSR count). The van der Waals surface area contributed by atoms with Crippen LogP contribution >= 0.6 is 11.8 Å². The maximum atomic E-state index is 4.26. The SMILES string of the molecule is C/N=C(SC)\C(C)=C(/C)C1CC1. The molecule has 0 aromatic carbocycles. The first-order valence-corrected chi connectivity index (χ1v) is 5.61. The first-order valence-electron chi connectivity index (χ1n) is 4.39. The molecule has 0 aromatic rings. The Hall–Kier alpha value is -0.240. The van der Waals surface area contributed by atoms with Gasteiger partial charge in [0.15, 0.2) is 0 Å². The van der Waals surface area contributed by atoms with Crippen molar-refractivity contribution < 1.29 is 0 Å². The van der Waals surface area contributed by atoms with Crippen molar-refractivity contribution in [3.63, 3.8) is 0 Å². The highest BCUT2D eigenvalue weighted by Crippen LogP contribution is 2.38. The molecule has 1 fully saturated rings. The zero-order chi connectivity index (χ0) is 9.14. The van der Waals surface area contributed by atoms with E-state index in [1.165, 1.54) is 23.5 Å². The van der Waals surface area contributed by atoms with Crippen LogP contribution in [-0.2, 0) is 0 Å². The monoisotopic (exact) mass is 183 g/mol. The van der Waals surface area contributed by atoms with Gasteiger partial charge in [0.25, 0.3) is 0 Å². The van der Waals surface area contributed by atoms with Gasteiger partial charge in [-0.1, -0.05) is 5.57 Å². The quantitative estimate of drug-likeness (QED) is 0.473. The Morgan fingerprint density at radius 2 is 1.92 bits per heavy atom. The van der Waals surface area contributed by atoms with Crippen LogP contribution in [0.5, 0.6) is 0 Å². The molecule has 0 aromatic heterocycles. The lowest BCUT2D eigenvalue weighted by Gasteiger charge is -2.06. The van der Waals surface area contributed by atoms with Gasteiger partial charge in [0, 0.05) is 7.05 Å². The Morgan fingerprint density at radius 3 is 2.25 bits per heavy atom. The molecule has 1 nitrogen and oxygen atoms in total. The predicted octanol–water partition coefficient (Wildman–Crippen LogP) is 3.12. The van der Waals surface area contributed by atoms with Gasteiger partial charge in [-0.2, -0.15) is 0 Å². The standard InChI is InChI=1S/C10H17NS/c1-7(9-5-6-9)8(2)10(11-3)12-4/h9H,5-6H2,1-4H3/b8-7+,11-10+. The second-order valence-corrected chi connectivity index (χ2v) is 4.11. The predicted molar refractivity (Wildman–Crippen MR) is 58.0 cm³/mol. The largest absolute Gasteiger partial charge is 0.282 e. The molecule has 12 heavy (non-hydrogen) atoms. The van der Waals surface area contributed by atoms with Crippen molar-refractivity contribution in [2.24, 2.45) is 10.9 Å². The third kappa shape index (κ3) is 2.13. The molecule has 0 saturated heterocycles. The van der Waals surface area contributed by atoms with Crippen LogP contribution in [0.4, 0.5) is 0 Å². The Bertz CT molecular complexity index is 224. The van der Waals surface area contributed by atoms with Gasteiger partial charge in [-0.05, 0) is 44.4 Å². The van der Waals surface area contributed by atoms with Crippen molar-refractivity contribution in [2.75, 3.05) is 13.3 Å². The topological polar surface area (TPSA) is 12.4 Å². The van der Waals surface area contributed by atoms with Gasteiger partial charge in [0.2, 0.25) is 0 Å². The van der Waals surface area contributed by atoms with E-state index in [-0.39, 0.29) is 0 Å². The van der Waals surface area contributed by atoms with E-state index >= 15 is 0 Å². The van der Waals surface area contributed by atoms with Crippen LogP contribution in [0.3, 0.4) is 0 Å². The Balaban J connectivity index is 2.77. The van der Waals surface area contributed by atoms with Gasteiger partial charge >= 0.3 is 0 Å². The van der Waals surface area contributed by atoms with E-state index in [0.717, 1.165) is 5.92 Å². The van der Waals surface area contributed by atoms with Crippen molar-refractivity contribution >= 4 is 16.8 Å². The number of allylic oxidation sites excluding steroid dienone is 1. The molecule has 0 radical (unpaired) electrons. The van der Waals surface area contributed by atoms with Gasteiger partial charge < -0.3 is 0 Å². The second-order valence-electron chi connectivity index (χ2n) is 3.32. The van der Waals surface area contributed by atoms with E-state index < -0.39 is 0 Å². The van der Waals surface area contributed by atoms with Crippen LogP contribution in [-0.4, -0.2) is 18.3 Å². The van der Waals surface area contributed by atoms with E-state index in [4.69, 9.17) is 0 Å². The highest BCUT2D eigenvalue weighted by atomic mass is 32.2. The van der Waals surface area contributed by atoms with Crippen molar-refractivity contribution in [1.82, 2.24) is 0 Å². The number of aliphatic imine (C=N–C) groups is 1. The van der Waals surface area contributed by atoms with Crippen LogP contribution in [0, 0.1) is 5.92 Å². The lowest BCUT2D eigenvalue weighted by molar-refractivity contribution is 0.990. The molecule has 0 amide bonds. The van der Waals surface area contributed by atoms with Crippen LogP contribution in [0.2, 0.25) is 0 Å². The summed E-state index contributed by atoms with van der Waals surface area (Å²) in [4.78, 5) is 4.26. The molecule has 0 unspecified atom stereocenters. The fraction of sp³-hybridized carbons (Fsp3) is 0.700. The maximum absolute atomic E-state index is 4.26. The summed E-state index contributed by atoms with van der Waals surface area (Å²) in [6.45, 7) is 4.43. The average molecular weight is 183 g/mol. The molecule has 2 heteroatoms. The van der Waals surface area contributed by atoms with Gasteiger partial charge in [0.1, 0.15) is 0 Å². The molecule has 1 aliphatic rings. The number of hydrogen-bond donors (Lipinski definition) is 0. The minimum atomic E-state index is 0.869. The number of rotatable bonds is 2. The lowest BCUT2D eigenvalue weighted by Crippen LogP contribution is -1.98. The van der Waals surface area contributed by atoms with Gasteiger partial charge in [-0.15, -0.1) is 11.8 Å².